The molecule has 0 atom stereocenters. The maximum Gasteiger partial charge on any atom is 0.390 e. The van der Waals surface area contributed by atoms with Crippen LogP contribution in [-0.4, -0.2) is 49.8 Å². The molecule has 25 heavy (non-hydrogen) atoms. The normalized spacial score (nSPS) is 17.6. The number of alkyl halides is 3. The average molecular weight is 377 g/mol. The van der Waals surface area contributed by atoms with Gasteiger partial charge in [-0.05, 0) is 30.5 Å². The van der Waals surface area contributed by atoms with Gasteiger partial charge in [0.05, 0.1) is 6.42 Å². The summed E-state index contributed by atoms with van der Waals surface area (Å²) >= 11 is 5.90. The summed E-state index contributed by atoms with van der Waals surface area (Å²) in [6.45, 7) is 2.57. The highest BCUT2D eigenvalue weighted by molar-refractivity contribution is 6.30. The number of halogens is 4. The maximum atomic E-state index is 12.2. The van der Waals surface area contributed by atoms with Crippen LogP contribution in [0.2, 0.25) is 5.02 Å². The first kappa shape index (κ1) is 19.8. The minimum absolute atomic E-state index is 0.168. The summed E-state index contributed by atoms with van der Waals surface area (Å²) in [5.41, 5.74) is 1.22. The van der Waals surface area contributed by atoms with Crippen LogP contribution in [0.4, 0.5) is 13.2 Å². The van der Waals surface area contributed by atoms with Crippen LogP contribution in [-0.2, 0) is 6.54 Å². The molecule has 2 N–H and O–H groups in total. The molecule has 0 aromatic heterocycles. The largest absolute Gasteiger partial charge is 0.390 e. The van der Waals surface area contributed by atoms with Crippen molar-refractivity contribution in [2.75, 3.05) is 26.7 Å². The third kappa shape index (κ3) is 7.52. The van der Waals surface area contributed by atoms with Crippen LogP contribution in [0.5, 0.6) is 0 Å². The van der Waals surface area contributed by atoms with Crippen LogP contribution < -0.4 is 10.6 Å². The van der Waals surface area contributed by atoms with Gasteiger partial charge in [-0.25, -0.2) is 0 Å². The van der Waals surface area contributed by atoms with E-state index in [0.717, 1.165) is 37.5 Å². The van der Waals surface area contributed by atoms with Crippen LogP contribution >= 0.6 is 11.6 Å². The van der Waals surface area contributed by atoms with Gasteiger partial charge in [0.1, 0.15) is 0 Å². The molecule has 1 saturated heterocycles. The molecule has 0 unspecified atom stereocenters. The Labute approximate surface area is 151 Å². The van der Waals surface area contributed by atoms with Crippen LogP contribution in [0.1, 0.15) is 24.8 Å². The number of rotatable bonds is 5. The molecule has 1 heterocycles. The third-order valence-electron chi connectivity index (χ3n) is 4.17. The molecule has 1 fully saturated rings. The van der Waals surface area contributed by atoms with E-state index in [9.17, 15) is 13.2 Å². The fraction of sp³-hybridized carbons (Fsp3) is 0.588. The van der Waals surface area contributed by atoms with E-state index in [2.05, 4.69) is 20.5 Å². The highest BCUT2D eigenvalue weighted by Crippen LogP contribution is 2.18. The molecule has 0 aliphatic carbocycles. The lowest BCUT2D eigenvalue weighted by Crippen LogP contribution is -2.48. The fourth-order valence-corrected chi connectivity index (χ4v) is 2.92. The summed E-state index contributed by atoms with van der Waals surface area (Å²) in [6, 6.07) is 8.06. The lowest BCUT2D eigenvalue weighted by Gasteiger charge is -2.33. The Morgan fingerprint density at radius 2 is 1.88 bits per heavy atom. The molecule has 1 aliphatic heterocycles. The Hall–Kier alpha value is -1.47. The van der Waals surface area contributed by atoms with Gasteiger partial charge in [0.15, 0.2) is 5.96 Å². The monoisotopic (exact) mass is 376 g/mol. The summed E-state index contributed by atoms with van der Waals surface area (Å²) in [7, 11) is 1.57. The minimum atomic E-state index is -4.15. The Morgan fingerprint density at radius 1 is 1.24 bits per heavy atom. The molecular formula is C17H24ClF3N4. The van der Waals surface area contributed by atoms with E-state index >= 15 is 0 Å². The summed E-state index contributed by atoms with van der Waals surface area (Å²) in [6.07, 6.45) is -3.17. The quantitative estimate of drug-likeness (QED) is 0.611. The van der Waals surface area contributed by atoms with Crippen molar-refractivity contribution in [3.63, 3.8) is 0 Å². The van der Waals surface area contributed by atoms with Gasteiger partial charge in [0.2, 0.25) is 0 Å². The Morgan fingerprint density at radius 3 is 2.44 bits per heavy atom. The van der Waals surface area contributed by atoms with Crippen LogP contribution in [0, 0.1) is 0 Å². The molecule has 2 rings (SSSR count). The van der Waals surface area contributed by atoms with Gasteiger partial charge in [0.25, 0.3) is 0 Å². The summed E-state index contributed by atoms with van der Waals surface area (Å²) in [5.74, 6) is 0.431. The van der Waals surface area contributed by atoms with E-state index in [1.54, 1.807) is 7.05 Å². The number of hydrogen-bond acceptors (Lipinski definition) is 2. The van der Waals surface area contributed by atoms with Crippen molar-refractivity contribution in [3.8, 4) is 0 Å². The molecular weight excluding hydrogens is 353 g/mol. The second kappa shape index (κ2) is 9.29. The molecule has 0 spiro atoms. The standard InChI is InChI=1S/C17H24ClF3N4/c1-22-16(23-9-8-17(19,20)21)24-15-6-10-25(11-7-15)12-13-2-4-14(18)5-3-13/h2-5,15H,6-12H2,1H3,(H2,22,23,24). The Balaban J connectivity index is 1.71. The van der Waals surface area contributed by atoms with Crippen molar-refractivity contribution < 1.29 is 13.2 Å². The van der Waals surface area contributed by atoms with Gasteiger partial charge in [-0.15, -0.1) is 0 Å². The summed E-state index contributed by atoms with van der Waals surface area (Å²) in [4.78, 5) is 6.36. The highest BCUT2D eigenvalue weighted by Gasteiger charge is 2.26. The zero-order valence-electron chi connectivity index (χ0n) is 14.2. The molecule has 0 saturated carbocycles. The van der Waals surface area contributed by atoms with Gasteiger partial charge in [-0.2, -0.15) is 13.2 Å². The van der Waals surface area contributed by atoms with E-state index in [0.29, 0.717) is 5.96 Å². The molecule has 1 aromatic rings. The fourth-order valence-electron chi connectivity index (χ4n) is 2.79. The van der Waals surface area contributed by atoms with Gasteiger partial charge >= 0.3 is 6.18 Å². The number of aliphatic imine (C=N–C) groups is 1. The summed E-state index contributed by atoms with van der Waals surface area (Å²) < 4.78 is 36.6. The summed E-state index contributed by atoms with van der Waals surface area (Å²) in [5, 5.41) is 6.67. The zero-order chi connectivity index (χ0) is 18.3. The predicted molar refractivity (Wildman–Crippen MR) is 94.9 cm³/mol. The first-order chi connectivity index (χ1) is 11.9. The molecule has 4 nitrogen and oxygen atoms in total. The molecule has 0 bridgehead atoms. The predicted octanol–water partition coefficient (Wildman–Crippen LogP) is 3.42. The second-order valence-electron chi connectivity index (χ2n) is 6.19. The van der Waals surface area contributed by atoms with Crippen LogP contribution in [0.25, 0.3) is 0 Å². The van der Waals surface area contributed by atoms with Crippen LogP contribution in [0.15, 0.2) is 29.3 Å². The van der Waals surface area contributed by atoms with Gasteiger partial charge < -0.3 is 10.6 Å². The SMILES string of the molecule is CN=C(NCCC(F)(F)F)NC1CCN(Cc2ccc(Cl)cc2)CC1. The van der Waals surface area contributed by atoms with E-state index < -0.39 is 12.6 Å². The van der Waals surface area contributed by atoms with Crippen LogP contribution in [0.3, 0.4) is 0 Å². The zero-order valence-corrected chi connectivity index (χ0v) is 15.0. The van der Waals surface area contributed by atoms with Crippen molar-refractivity contribution >= 4 is 17.6 Å². The first-order valence-electron chi connectivity index (χ1n) is 8.36. The second-order valence-corrected chi connectivity index (χ2v) is 6.62. The smallest absolute Gasteiger partial charge is 0.356 e. The molecule has 1 aliphatic rings. The maximum absolute atomic E-state index is 12.2. The van der Waals surface area contributed by atoms with Crippen molar-refractivity contribution in [1.82, 2.24) is 15.5 Å². The molecule has 1 aromatic carbocycles. The van der Waals surface area contributed by atoms with Crippen molar-refractivity contribution in [2.24, 2.45) is 4.99 Å². The number of likely N-dealkylation sites (tertiary alicyclic amines) is 1. The number of piperidine rings is 1. The Kier molecular flexibility index (Phi) is 7.38. The number of nitrogens with one attached hydrogen (secondary N) is 2. The molecule has 0 radical (unpaired) electrons. The number of benzene rings is 1. The van der Waals surface area contributed by atoms with E-state index in [1.165, 1.54) is 5.56 Å². The first-order valence-corrected chi connectivity index (χ1v) is 8.74. The topological polar surface area (TPSA) is 39.7 Å². The van der Waals surface area contributed by atoms with Crippen molar-refractivity contribution in [3.05, 3.63) is 34.9 Å². The molecule has 0 amide bonds. The highest BCUT2D eigenvalue weighted by atomic mass is 35.5. The van der Waals surface area contributed by atoms with E-state index in [-0.39, 0.29) is 12.6 Å². The molecule has 8 heteroatoms. The van der Waals surface area contributed by atoms with Crippen molar-refractivity contribution in [2.45, 2.75) is 38.0 Å². The Bertz CT molecular complexity index is 552. The lowest BCUT2D eigenvalue weighted by atomic mass is 10.0. The number of nitrogens with zero attached hydrogens (tertiary/aromatic N) is 2. The van der Waals surface area contributed by atoms with Crippen molar-refractivity contribution in [1.29, 1.82) is 0 Å². The lowest BCUT2D eigenvalue weighted by molar-refractivity contribution is -0.132. The van der Waals surface area contributed by atoms with Gasteiger partial charge in [-0.3, -0.25) is 9.89 Å². The number of guanidine groups is 1. The van der Waals surface area contributed by atoms with E-state index in [4.69, 9.17) is 11.6 Å². The minimum Gasteiger partial charge on any atom is -0.356 e. The molecule has 140 valence electrons. The average Bonchev–Trinajstić information content (AvgIpc) is 2.56. The van der Waals surface area contributed by atoms with Gasteiger partial charge in [0, 0.05) is 44.3 Å². The van der Waals surface area contributed by atoms with E-state index in [1.807, 2.05) is 24.3 Å². The number of hydrogen-bond donors (Lipinski definition) is 2. The van der Waals surface area contributed by atoms with Gasteiger partial charge in [-0.1, -0.05) is 23.7 Å². The third-order valence-corrected chi connectivity index (χ3v) is 4.42.